The lowest BCUT2D eigenvalue weighted by Gasteiger charge is -2.24. The molecule has 0 aliphatic heterocycles. The summed E-state index contributed by atoms with van der Waals surface area (Å²) in [6, 6.07) is 5.16. The van der Waals surface area contributed by atoms with Crippen LogP contribution in [0.2, 0.25) is 5.02 Å². The van der Waals surface area contributed by atoms with Gasteiger partial charge in [0.25, 0.3) is 0 Å². The van der Waals surface area contributed by atoms with Gasteiger partial charge in [-0.25, -0.2) is 4.39 Å². The van der Waals surface area contributed by atoms with Gasteiger partial charge in [0.1, 0.15) is 5.82 Å². The molecule has 1 aromatic rings. The average molecular weight is 272 g/mol. The summed E-state index contributed by atoms with van der Waals surface area (Å²) in [7, 11) is 0. The Morgan fingerprint density at radius 2 is 2.06 bits per heavy atom. The predicted molar refractivity (Wildman–Crippen MR) is 76.7 cm³/mol. The summed E-state index contributed by atoms with van der Waals surface area (Å²) in [5, 5.41) is 4.09. The van der Waals surface area contributed by atoms with Gasteiger partial charge in [-0.2, -0.15) is 0 Å². The number of nitrogens with one attached hydrogen (secondary N) is 1. The fourth-order valence-corrected chi connectivity index (χ4v) is 2.50. The lowest BCUT2D eigenvalue weighted by molar-refractivity contribution is 0.364. The zero-order valence-corrected chi connectivity index (χ0v) is 12.2. The first kappa shape index (κ1) is 15.5. The van der Waals surface area contributed by atoms with Gasteiger partial charge in [0, 0.05) is 11.1 Å². The average Bonchev–Trinajstić information content (AvgIpc) is 2.34. The Labute approximate surface area is 115 Å². The minimum atomic E-state index is -0.271. The van der Waals surface area contributed by atoms with Crippen molar-refractivity contribution in [2.75, 3.05) is 6.54 Å². The summed E-state index contributed by atoms with van der Waals surface area (Å²) in [4.78, 5) is 0. The van der Waals surface area contributed by atoms with Crippen LogP contribution in [0.5, 0.6) is 0 Å². The number of rotatable bonds is 7. The molecule has 1 nitrogen and oxygen atoms in total. The first-order chi connectivity index (χ1) is 8.58. The van der Waals surface area contributed by atoms with Crippen molar-refractivity contribution in [3.05, 3.63) is 34.6 Å². The molecule has 0 aromatic heterocycles. The van der Waals surface area contributed by atoms with Gasteiger partial charge in [0.2, 0.25) is 0 Å². The summed E-state index contributed by atoms with van der Waals surface area (Å²) < 4.78 is 13.0. The van der Waals surface area contributed by atoms with Crippen molar-refractivity contribution in [1.29, 1.82) is 0 Å². The molecule has 0 bridgehead atoms. The lowest BCUT2D eigenvalue weighted by atomic mass is 9.92. The smallest absolute Gasteiger partial charge is 0.124 e. The number of hydrogen-bond acceptors (Lipinski definition) is 1. The Bertz CT molecular complexity index is 368. The maximum absolute atomic E-state index is 13.0. The third kappa shape index (κ3) is 4.58. The molecule has 1 rings (SSSR count). The first-order valence-electron chi connectivity index (χ1n) is 6.75. The van der Waals surface area contributed by atoms with Gasteiger partial charge in [0.15, 0.2) is 0 Å². The van der Waals surface area contributed by atoms with E-state index in [2.05, 4.69) is 26.1 Å². The molecule has 2 atom stereocenters. The highest BCUT2D eigenvalue weighted by atomic mass is 35.5. The second-order valence-electron chi connectivity index (χ2n) is 4.89. The van der Waals surface area contributed by atoms with Crippen molar-refractivity contribution in [2.45, 2.75) is 46.1 Å². The van der Waals surface area contributed by atoms with E-state index >= 15 is 0 Å². The van der Waals surface area contributed by atoms with E-state index in [4.69, 9.17) is 11.6 Å². The summed E-state index contributed by atoms with van der Waals surface area (Å²) in [5.41, 5.74) is 1.03. The van der Waals surface area contributed by atoms with Crippen LogP contribution in [0, 0.1) is 11.7 Å². The Morgan fingerprint density at radius 3 is 2.61 bits per heavy atom. The van der Waals surface area contributed by atoms with Crippen LogP contribution < -0.4 is 5.32 Å². The molecule has 0 aliphatic rings. The lowest BCUT2D eigenvalue weighted by Crippen LogP contribution is -2.35. The molecule has 0 heterocycles. The summed E-state index contributed by atoms with van der Waals surface area (Å²) in [6.07, 6.45) is 3.12. The maximum atomic E-state index is 13.0. The molecule has 0 aliphatic carbocycles. The Morgan fingerprint density at radius 1 is 1.33 bits per heavy atom. The van der Waals surface area contributed by atoms with E-state index < -0.39 is 0 Å². The van der Waals surface area contributed by atoms with E-state index in [1.54, 1.807) is 6.07 Å². The Hall–Kier alpha value is -0.600. The van der Waals surface area contributed by atoms with Gasteiger partial charge in [-0.15, -0.1) is 0 Å². The van der Waals surface area contributed by atoms with Crippen LogP contribution in [0.3, 0.4) is 0 Å². The van der Waals surface area contributed by atoms with Crippen LogP contribution >= 0.6 is 11.6 Å². The van der Waals surface area contributed by atoms with Crippen LogP contribution in [0.4, 0.5) is 4.39 Å². The molecule has 2 unspecified atom stereocenters. The molecule has 1 aromatic carbocycles. The summed E-state index contributed by atoms with van der Waals surface area (Å²) in [5.74, 6) is 0.220. The first-order valence-corrected chi connectivity index (χ1v) is 7.13. The van der Waals surface area contributed by atoms with E-state index in [1.807, 2.05) is 0 Å². The van der Waals surface area contributed by atoms with E-state index in [0.717, 1.165) is 31.4 Å². The van der Waals surface area contributed by atoms with E-state index in [1.165, 1.54) is 12.1 Å². The van der Waals surface area contributed by atoms with Gasteiger partial charge in [-0.3, -0.25) is 0 Å². The van der Waals surface area contributed by atoms with Gasteiger partial charge in [0.05, 0.1) is 0 Å². The molecular formula is C15H23ClFN. The van der Waals surface area contributed by atoms with Gasteiger partial charge >= 0.3 is 0 Å². The van der Waals surface area contributed by atoms with Crippen LogP contribution in [0.15, 0.2) is 18.2 Å². The van der Waals surface area contributed by atoms with E-state index in [-0.39, 0.29) is 5.82 Å². The molecule has 0 saturated carbocycles. The highest BCUT2D eigenvalue weighted by Gasteiger charge is 2.16. The third-order valence-electron chi connectivity index (χ3n) is 3.34. The van der Waals surface area contributed by atoms with Gasteiger partial charge in [-0.05, 0) is 49.4 Å². The molecular weight excluding hydrogens is 249 g/mol. The van der Waals surface area contributed by atoms with Crippen molar-refractivity contribution in [3.8, 4) is 0 Å². The highest BCUT2D eigenvalue weighted by Crippen LogP contribution is 2.22. The van der Waals surface area contributed by atoms with Crippen LogP contribution in [-0.2, 0) is 6.42 Å². The number of hydrogen-bond donors (Lipinski definition) is 1. The van der Waals surface area contributed by atoms with E-state index in [9.17, 15) is 4.39 Å². The van der Waals surface area contributed by atoms with Crippen molar-refractivity contribution in [3.63, 3.8) is 0 Å². The van der Waals surface area contributed by atoms with Crippen molar-refractivity contribution in [2.24, 2.45) is 5.92 Å². The number of halogens is 2. The fourth-order valence-electron chi connectivity index (χ4n) is 2.25. The zero-order valence-electron chi connectivity index (χ0n) is 11.5. The van der Waals surface area contributed by atoms with Crippen LogP contribution in [0.1, 0.15) is 39.2 Å². The highest BCUT2D eigenvalue weighted by molar-refractivity contribution is 6.31. The summed E-state index contributed by atoms with van der Waals surface area (Å²) >= 11 is 6.07. The molecule has 102 valence electrons. The largest absolute Gasteiger partial charge is 0.314 e. The molecule has 0 saturated heterocycles. The van der Waals surface area contributed by atoms with Crippen molar-refractivity contribution < 1.29 is 4.39 Å². The topological polar surface area (TPSA) is 12.0 Å². The van der Waals surface area contributed by atoms with Gasteiger partial charge < -0.3 is 5.32 Å². The minimum Gasteiger partial charge on any atom is -0.314 e. The monoisotopic (exact) mass is 271 g/mol. The molecule has 0 fully saturated rings. The molecule has 18 heavy (non-hydrogen) atoms. The number of benzene rings is 1. The maximum Gasteiger partial charge on any atom is 0.124 e. The zero-order chi connectivity index (χ0) is 13.5. The second kappa shape index (κ2) is 7.75. The molecule has 0 amide bonds. The van der Waals surface area contributed by atoms with Crippen LogP contribution in [-0.4, -0.2) is 12.6 Å². The molecule has 0 spiro atoms. The van der Waals surface area contributed by atoms with Crippen LogP contribution in [0.25, 0.3) is 0 Å². The fraction of sp³-hybridized carbons (Fsp3) is 0.600. The molecule has 3 heteroatoms. The standard InChI is InChI=1S/C15H23ClFN/c1-4-8-18-15(5-2)11(3)9-12-6-7-13(17)10-14(12)16/h6-7,10-11,15,18H,4-5,8-9H2,1-3H3. The Kier molecular flexibility index (Phi) is 6.66. The third-order valence-corrected chi connectivity index (χ3v) is 3.69. The van der Waals surface area contributed by atoms with E-state index in [0.29, 0.717) is 17.0 Å². The van der Waals surface area contributed by atoms with Crippen molar-refractivity contribution in [1.82, 2.24) is 5.32 Å². The molecule has 0 radical (unpaired) electrons. The SMILES string of the molecule is CCCNC(CC)C(C)Cc1ccc(F)cc1Cl. The predicted octanol–water partition coefficient (Wildman–Crippen LogP) is 4.44. The quantitative estimate of drug-likeness (QED) is 0.773. The minimum absolute atomic E-state index is 0.271. The normalized spacial score (nSPS) is 14.5. The van der Waals surface area contributed by atoms with Crippen molar-refractivity contribution >= 4 is 11.6 Å². The second-order valence-corrected chi connectivity index (χ2v) is 5.29. The van der Waals surface area contributed by atoms with Gasteiger partial charge in [-0.1, -0.05) is 38.4 Å². The molecule has 1 N–H and O–H groups in total. The summed E-state index contributed by atoms with van der Waals surface area (Å²) in [6.45, 7) is 7.62. The Balaban J connectivity index is 2.64.